The average Bonchev–Trinajstić information content (AvgIpc) is 2.66. The SMILES string of the molecule is CCOC(=O)N(/C=C(/C#N)C(=O)NC(C)c1cc(C)ccc1OCC)CCN. The number of benzene rings is 1. The Kier molecular flexibility index (Phi) is 9.54. The van der Waals surface area contributed by atoms with E-state index in [0.717, 1.165) is 22.2 Å². The van der Waals surface area contributed by atoms with Gasteiger partial charge in [-0.25, -0.2) is 4.79 Å². The standard InChI is InChI=1S/C20H28N4O4/c1-5-27-18-8-7-14(3)11-17(18)15(4)23-19(25)16(12-22)13-24(10-9-21)20(26)28-6-2/h7-8,11,13,15H,5-6,9-10,21H2,1-4H3,(H,23,25)/b16-13-. The number of amides is 2. The van der Waals surface area contributed by atoms with Gasteiger partial charge in [-0.1, -0.05) is 17.7 Å². The van der Waals surface area contributed by atoms with Crippen LogP contribution in [0.2, 0.25) is 0 Å². The second kappa shape index (κ2) is 11.6. The van der Waals surface area contributed by atoms with Gasteiger partial charge < -0.3 is 20.5 Å². The molecule has 0 radical (unpaired) electrons. The van der Waals surface area contributed by atoms with E-state index in [9.17, 15) is 14.9 Å². The molecular formula is C20H28N4O4. The number of carbonyl (C=O) groups excluding carboxylic acids is 2. The highest BCUT2D eigenvalue weighted by Gasteiger charge is 2.20. The highest BCUT2D eigenvalue weighted by Crippen LogP contribution is 2.26. The summed E-state index contributed by atoms with van der Waals surface area (Å²) in [5.41, 5.74) is 7.10. The van der Waals surface area contributed by atoms with E-state index in [2.05, 4.69) is 5.32 Å². The van der Waals surface area contributed by atoms with Gasteiger partial charge in [-0.05, 0) is 33.8 Å². The fourth-order valence-corrected chi connectivity index (χ4v) is 2.49. The largest absolute Gasteiger partial charge is 0.494 e. The smallest absolute Gasteiger partial charge is 0.413 e. The Morgan fingerprint density at radius 1 is 1.36 bits per heavy atom. The van der Waals surface area contributed by atoms with Crippen LogP contribution >= 0.6 is 0 Å². The van der Waals surface area contributed by atoms with Crippen LogP contribution in [0.3, 0.4) is 0 Å². The summed E-state index contributed by atoms with van der Waals surface area (Å²) in [6.07, 6.45) is 0.492. The molecule has 0 aromatic heterocycles. The molecule has 8 heteroatoms. The van der Waals surface area contributed by atoms with Gasteiger partial charge in [-0.2, -0.15) is 5.26 Å². The summed E-state index contributed by atoms with van der Waals surface area (Å²) in [6.45, 7) is 8.24. The van der Waals surface area contributed by atoms with Crippen molar-refractivity contribution in [1.82, 2.24) is 10.2 Å². The summed E-state index contributed by atoms with van der Waals surface area (Å²) in [4.78, 5) is 25.6. The molecule has 2 amide bonds. The van der Waals surface area contributed by atoms with Crippen molar-refractivity contribution in [3.63, 3.8) is 0 Å². The predicted molar refractivity (Wildman–Crippen MR) is 105 cm³/mol. The molecule has 0 heterocycles. The van der Waals surface area contributed by atoms with E-state index in [1.54, 1.807) is 13.8 Å². The van der Waals surface area contributed by atoms with E-state index in [0.29, 0.717) is 12.4 Å². The number of nitrogens with one attached hydrogen (secondary N) is 1. The lowest BCUT2D eigenvalue weighted by Gasteiger charge is -2.20. The van der Waals surface area contributed by atoms with Gasteiger partial charge in [0.05, 0.1) is 19.3 Å². The first-order valence-electron chi connectivity index (χ1n) is 9.17. The maximum Gasteiger partial charge on any atom is 0.413 e. The molecule has 1 atom stereocenters. The Morgan fingerprint density at radius 2 is 2.07 bits per heavy atom. The highest BCUT2D eigenvalue weighted by molar-refractivity contribution is 5.97. The van der Waals surface area contributed by atoms with Gasteiger partial charge in [0.25, 0.3) is 5.91 Å². The minimum absolute atomic E-state index is 0.124. The van der Waals surface area contributed by atoms with Crippen LogP contribution in [0.15, 0.2) is 30.0 Å². The number of hydrogen-bond donors (Lipinski definition) is 2. The normalized spacial score (nSPS) is 11.9. The van der Waals surface area contributed by atoms with Crippen LogP contribution in [0.5, 0.6) is 5.75 Å². The van der Waals surface area contributed by atoms with Gasteiger partial charge in [0.15, 0.2) is 0 Å². The molecule has 0 spiro atoms. The van der Waals surface area contributed by atoms with Gasteiger partial charge in [0, 0.05) is 24.9 Å². The van der Waals surface area contributed by atoms with Gasteiger partial charge in [0.2, 0.25) is 0 Å². The summed E-state index contributed by atoms with van der Waals surface area (Å²) >= 11 is 0. The quantitative estimate of drug-likeness (QED) is 0.495. The third-order valence-corrected chi connectivity index (χ3v) is 3.80. The van der Waals surface area contributed by atoms with Crippen LogP contribution in [-0.2, 0) is 9.53 Å². The lowest BCUT2D eigenvalue weighted by atomic mass is 10.0. The zero-order chi connectivity index (χ0) is 21.1. The van der Waals surface area contributed by atoms with E-state index in [4.69, 9.17) is 15.2 Å². The van der Waals surface area contributed by atoms with Crippen molar-refractivity contribution in [3.8, 4) is 11.8 Å². The third-order valence-electron chi connectivity index (χ3n) is 3.80. The van der Waals surface area contributed by atoms with Crippen molar-refractivity contribution in [1.29, 1.82) is 5.26 Å². The Balaban J connectivity index is 3.04. The van der Waals surface area contributed by atoms with Crippen LogP contribution in [0.4, 0.5) is 4.79 Å². The van der Waals surface area contributed by atoms with Gasteiger partial charge in [-0.3, -0.25) is 9.69 Å². The highest BCUT2D eigenvalue weighted by atomic mass is 16.6. The molecule has 0 saturated heterocycles. The topological polar surface area (TPSA) is 118 Å². The molecule has 1 aromatic rings. The summed E-state index contributed by atoms with van der Waals surface area (Å²) in [5, 5.41) is 12.1. The molecule has 152 valence electrons. The molecule has 3 N–H and O–H groups in total. The fraction of sp³-hybridized carbons (Fsp3) is 0.450. The summed E-state index contributed by atoms with van der Waals surface area (Å²) in [7, 11) is 0. The molecule has 28 heavy (non-hydrogen) atoms. The molecule has 1 rings (SSSR count). The van der Waals surface area contributed by atoms with Crippen LogP contribution < -0.4 is 15.8 Å². The second-order valence-electron chi connectivity index (χ2n) is 6.01. The van der Waals surface area contributed by atoms with Crippen LogP contribution in [0.25, 0.3) is 0 Å². The number of ether oxygens (including phenoxy) is 2. The van der Waals surface area contributed by atoms with E-state index < -0.39 is 18.0 Å². The average molecular weight is 388 g/mol. The van der Waals surface area contributed by atoms with Crippen molar-refractivity contribution in [2.75, 3.05) is 26.3 Å². The Bertz CT molecular complexity index is 755. The number of aryl methyl sites for hydroxylation is 1. The number of nitriles is 1. The van der Waals surface area contributed by atoms with E-state index >= 15 is 0 Å². The Morgan fingerprint density at radius 3 is 2.64 bits per heavy atom. The van der Waals surface area contributed by atoms with Crippen LogP contribution in [0.1, 0.15) is 37.9 Å². The zero-order valence-electron chi connectivity index (χ0n) is 16.8. The first-order chi connectivity index (χ1) is 13.4. The van der Waals surface area contributed by atoms with Crippen molar-refractivity contribution in [2.45, 2.75) is 33.7 Å². The van der Waals surface area contributed by atoms with Crippen molar-refractivity contribution in [3.05, 3.63) is 41.1 Å². The molecule has 8 nitrogen and oxygen atoms in total. The monoisotopic (exact) mass is 388 g/mol. The van der Waals surface area contributed by atoms with Gasteiger partial charge >= 0.3 is 6.09 Å². The minimum atomic E-state index is -0.668. The molecule has 0 fully saturated rings. The van der Waals surface area contributed by atoms with Gasteiger partial charge in [0.1, 0.15) is 17.4 Å². The summed E-state index contributed by atoms with van der Waals surface area (Å²) in [6, 6.07) is 7.11. The molecule has 0 aliphatic heterocycles. The molecule has 1 unspecified atom stereocenters. The number of carbonyl (C=O) groups is 2. The molecule has 1 aromatic carbocycles. The van der Waals surface area contributed by atoms with Crippen LogP contribution in [-0.4, -0.2) is 43.2 Å². The van der Waals surface area contributed by atoms with E-state index in [-0.39, 0.29) is 25.3 Å². The van der Waals surface area contributed by atoms with Crippen LogP contribution in [0, 0.1) is 18.3 Å². The fourth-order valence-electron chi connectivity index (χ4n) is 2.49. The molecule has 0 bridgehead atoms. The van der Waals surface area contributed by atoms with E-state index in [1.807, 2.05) is 38.1 Å². The Labute approximate surface area is 165 Å². The summed E-state index contributed by atoms with van der Waals surface area (Å²) in [5.74, 6) is 0.0601. The maximum absolute atomic E-state index is 12.6. The number of nitrogens with two attached hydrogens (primary N) is 1. The van der Waals surface area contributed by atoms with E-state index in [1.165, 1.54) is 0 Å². The molecule has 0 aliphatic carbocycles. The first-order valence-corrected chi connectivity index (χ1v) is 9.17. The third kappa shape index (κ3) is 6.59. The lowest BCUT2D eigenvalue weighted by molar-refractivity contribution is -0.117. The van der Waals surface area contributed by atoms with Gasteiger partial charge in [-0.15, -0.1) is 0 Å². The van der Waals surface area contributed by atoms with Crippen molar-refractivity contribution >= 4 is 12.0 Å². The second-order valence-corrected chi connectivity index (χ2v) is 6.01. The first kappa shape index (κ1) is 23.0. The molecule has 0 aliphatic rings. The number of hydrogen-bond acceptors (Lipinski definition) is 6. The Hall–Kier alpha value is -3.05. The molecule has 0 saturated carbocycles. The summed E-state index contributed by atoms with van der Waals surface area (Å²) < 4.78 is 10.5. The maximum atomic E-state index is 12.6. The number of nitrogens with zero attached hydrogens (tertiary/aromatic N) is 2. The van der Waals surface area contributed by atoms with Crippen molar-refractivity contribution < 1.29 is 19.1 Å². The number of rotatable bonds is 9. The van der Waals surface area contributed by atoms with Crippen molar-refractivity contribution in [2.24, 2.45) is 5.73 Å². The zero-order valence-corrected chi connectivity index (χ0v) is 16.8. The lowest BCUT2D eigenvalue weighted by Crippen LogP contribution is -2.34. The minimum Gasteiger partial charge on any atom is -0.494 e. The predicted octanol–water partition coefficient (Wildman–Crippen LogP) is 2.40. The molecular weight excluding hydrogens is 360 g/mol.